The van der Waals surface area contributed by atoms with E-state index in [0.29, 0.717) is 33.0 Å². The van der Waals surface area contributed by atoms with Gasteiger partial charge in [-0.05, 0) is 92.3 Å². The maximum atomic E-state index is 15.7. The third-order valence-corrected chi connectivity index (χ3v) is 20.8. The van der Waals surface area contributed by atoms with Gasteiger partial charge in [0.25, 0.3) is 0 Å². The van der Waals surface area contributed by atoms with Gasteiger partial charge in [-0.25, -0.2) is 9.97 Å². The van der Waals surface area contributed by atoms with Crippen LogP contribution in [-0.2, 0) is 101 Å². The molecule has 588 valence electrons. The molecule has 0 spiro atoms. The van der Waals surface area contributed by atoms with Crippen molar-refractivity contribution in [1.82, 2.24) is 71.0 Å². The number of aliphatic hydroxyl groups excluding tert-OH is 2. The first-order valence-electron chi connectivity index (χ1n) is 35.9. The highest BCUT2D eigenvalue weighted by molar-refractivity contribution is 6.31. The molecule has 0 bridgehead atoms. The summed E-state index contributed by atoms with van der Waals surface area (Å²) in [4.78, 5) is 213. The Labute approximate surface area is 651 Å². The van der Waals surface area contributed by atoms with Crippen molar-refractivity contribution in [3.8, 4) is 0 Å². The molecule has 1 aliphatic heterocycles. The summed E-state index contributed by atoms with van der Waals surface area (Å²) in [5.74, 6) is -16.8. The van der Waals surface area contributed by atoms with E-state index in [0.717, 1.165) is 24.5 Å². The fourth-order valence-electron chi connectivity index (χ4n) is 13.8. The topological polar surface area (TPSA) is 416 Å². The number of nitrogens with zero attached hydrogens (tertiary/aromatic N) is 7. The molecule has 0 radical (unpaired) electrons. The third kappa shape index (κ3) is 22.9. The molecule has 4 aromatic carbocycles. The molecule has 1 saturated heterocycles. The number of rotatable bonds is 17. The lowest BCUT2D eigenvalue weighted by atomic mass is 9.86. The summed E-state index contributed by atoms with van der Waals surface area (Å²) in [6, 6.07) is 13.1. The lowest BCUT2D eigenvalue weighted by molar-refractivity contribution is -0.151. The molecule has 1 unspecified atom stereocenters. The molecule has 33 heteroatoms. The Morgan fingerprint density at radius 2 is 1.00 bits per heavy atom. The number of amides is 10. The fraction of sp³-hybridized carbons (Fsp3) is 0.442. The van der Waals surface area contributed by atoms with E-state index in [4.69, 9.17) is 34.8 Å². The molecule has 6 aromatic rings. The molecule has 2 aliphatic rings. The van der Waals surface area contributed by atoms with Crippen LogP contribution in [-0.4, -0.2) is 245 Å². The maximum absolute atomic E-state index is 15.7. The van der Waals surface area contributed by atoms with Crippen LogP contribution in [0.4, 0.5) is 0 Å². The van der Waals surface area contributed by atoms with Crippen LogP contribution in [0.25, 0.3) is 0 Å². The number of hydrogen-bond donors (Lipinski definition) is 10. The Hall–Kier alpha value is -10.4. The van der Waals surface area contributed by atoms with E-state index >= 15 is 33.6 Å². The lowest BCUT2D eigenvalue weighted by Crippen LogP contribution is -2.61. The number of carbonyl (C=O) groups is 13. The number of nitrogens with one attached hydrogen (secondary N) is 7. The van der Waals surface area contributed by atoms with Gasteiger partial charge in [-0.15, -0.1) is 0 Å². The monoisotopic (exact) mass is 1570 g/mol. The molecule has 1 aliphatic carbocycles. The van der Waals surface area contributed by atoms with E-state index in [1.807, 2.05) is 0 Å². The van der Waals surface area contributed by atoms with E-state index in [1.54, 1.807) is 103 Å². The predicted octanol–water partition coefficient (Wildman–Crippen LogP) is 2.87. The van der Waals surface area contributed by atoms with Gasteiger partial charge in [-0.3, -0.25) is 62.3 Å². The zero-order valence-electron chi connectivity index (χ0n) is 62.1. The zero-order chi connectivity index (χ0) is 80.4. The van der Waals surface area contributed by atoms with Gasteiger partial charge in [0.05, 0.1) is 61.7 Å². The Bertz CT molecular complexity index is 4270. The second-order valence-electron chi connectivity index (χ2n) is 28.2. The summed E-state index contributed by atoms with van der Waals surface area (Å²) < 4.78 is 0. The van der Waals surface area contributed by atoms with Gasteiger partial charge in [-0.1, -0.05) is 108 Å². The van der Waals surface area contributed by atoms with Crippen molar-refractivity contribution in [2.75, 3.05) is 41.8 Å². The predicted molar refractivity (Wildman–Crippen MR) is 404 cm³/mol. The first kappa shape index (κ1) is 85.2. The number of ketones is 2. The van der Waals surface area contributed by atoms with Gasteiger partial charge in [0.15, 0.2) is 11.6 Å². The molecule has 1 saturated carbocycles. The number of halogens is 3. The van der Waals surface area contributed by atoms with Crippen LogP contribution in [0.15, 0.2) is 128 Å². The number of likely N-dealkylation sites (N-methyl/N-ethyl adjacent to an activating group) is 5. The molecule has 3 heterocycles. The van der Waals surface area contributed by atoms with Crippen molar-refractivity contribution < 1.29 is 77.6 Å². The quantitative estimate of drug-likeness (QED) is 0.0627. The lowest BCUT2D eigenvalue weighted by Gasteiger charge is -2.37. The van der Waals surface area contributed by atoms with E-state index in [2.05, 4.69) is 46.5 Å². The van der Waals surface area contributed by atoms with Crippen molar-refractivity contribution in [2.45, 2.75) is 158 Å². The SMILES string of the molecule is C[C@@H]1NC(=O)C[C@@H](C(=O)C2CCC[C@H]2C(=O)O)NC(=O)[C@H]([C@@H](C)O)CC(=O)[C@H](Cc2cnc[nH]2)N(C)C(=O)[C@H]([C@@H](C)O)NC(=O)[C@H](Cc2ccccc2)N(C)C(=O)[C@H](Cc2cccc(Cl)c2)NC(=O)CN(C)C(=O)[C@H](Cc2cnc[nH]2)N(C)C(=O)[C@H](Cc2ccc(Cl)cc2)N(C)C(=O)[C@H](Cc2cccc(Cl)c2)NC1=O. The molecule has 2 aromatic heterocycles. The van der Waals surface area contributed by atoms with Gasteiger partial charge >= 0.3 is 5.97 Å². The molecular formula is C77H93Cl3N14O16. The second-order valence-corrected chi connectivity index (χ2v) is 29.5. The first-order valence-corrected chi connectivity index (χ1v) is 37.0. The van der Waals surface area contributed by atoms with Crippen molar-refractivity contribution in [1.29, 1.82) is 0 Å². The van der Waals surface area contributed by atoms with Gasteiger partial charge in [0.1, 0.15) is 42.3 Å². The molecule has 30 nitrogen and oxygen atoms in total. The van der Waals surface area contributed by atoms with Gasteiger partial charge < -0.3 is 76.4 Å². The van der Waals surface area contributed by atoms with E-state index in [-0.39, 0.29) is 73.5 Å². The minimum atomic E-state index is -1.88. The third-order valence-electron chi connectivity index (χ3n) is 20.1. The molecule has 8 rings (SSSR count). The number of hydrogen-bond acceptors (Lipinski definition) is 17. The molecule has 110 heavy (non-hydrogen) atoms. The van der Waals surface area contributed by atoms with Crippen molar-refractivity contribution in [3.63, 3.8) is 0 Å². The van der Waals surface area contributed by atoms with Gasteiger partial charge in [-0.2, -0.15) is 0 Å². The number of carboxylic acid groups (broad SMARTS) is 1. The standard InChI is InChI=1S/C77H93Cl3N14O16/c1-42-69(101)88-59(30-48-18-13-20-51(80)28-48)73(105)93(7)62(32-46-23-25-49(78)26-24-46)75(107)94(8)63(34-53-38-82-41-84-53)74(106)90(4)39-66(99)86-58(29-47-17-12-19-50(79)27-47)72(104)92(6)61(31-45-15-10-9-11-16-45)71(103)89-67(44(3)96)76(108)91(5)60(33-52-37-81-40-83-52)64(97)35-56(43(2)95)70(102)87-57(36-65(98)85-42)68(100)54-21-14-22-55(54)77(109)110/h9-13,15-20,23-28,37-38,40-44,54-63,67,95-96H,14,21-22,29-36,39H2,1-8H3,(H,81,83)(H,82,84)(H,85,98)(H,86,99)(H,87,102)(H,88,101)(H,89,103)(H,109,110)/t42-,43+,44+,54?,55+,56-,57-,58-,59-,60-,61-,62-,63-,67-/m0/s1. The van der Waals surface area contributed by atoms with Crippen molar-refractivity contribution in [3.05, 3.63) is 177 Å². The smallest absolute Gasteiger partial charge is 0.307 e. The van der Waals surface area contributed by atoms with Crippen molar-refractivity contribution >= 4 is 111 Å². The van der Waals surface area contributed by atoms with Crippen molar-refractivity contribution in [2.24, 2.45) is 17.8 Å². The highest BCUT2D eigenvalue weighted by Crippen LogP contribution is 2.34. The molecule has 10 amide bonds. The number of aromatic nitrogens is 4. The number of aliphatic carboxylic acids is 1. The van der Waals surface area contributed by atoms with Crippen LogP contribution in [0.1, 0.15) is 86.5 Å². The Morgan fingerprint density at radius 1 is 0.491 bits per heavy atom. The zero-order valence-corrected chi connectivity index (χ0v) is 64.4. The van der Waals surface area contributed by atoms with E-state index in [9.17, 15) is 44.1 Å². The van der Waals surface area contributed by atoms with E-state index < -0.39 is 180 Å². The van der Waals surface area contributed by atoms with E-state index in [1.165, 1.54) is 81.1 Å². The number of Topliss-reactive ketones (excluding diaryl/α,β-unsaturated/α-hetero) is 2. The fourth-order valence-corrected chi connectivity index (χ4v) is 14.3. The summed E-state index contributed by atoms with van der Waals surface area (Å²) in [6.07, 6.45) is -0.958. The van der Waals surface area contributed by atoms with Crippen LogP contribution >= 0.6 is 34.8 Å². The summed E-state index contributed by atoms with van der Waals surface area (Å²) in [7, 11) is 6.43. The Balaban J connectivity index is 1.24. The van der Waals surface area contributed by atoms with Gasteiger partial charge in [0, 0.05) is 125 Å². The summed E-state index contributed by atoms with van der Waals surface area (Å²) in [5, 5.41) is 47.2. The summed E-state index contributed by atoms with van der Waals surface area (Å²) in [5.41, 5.74) is 2.52. The van der Waals surface area contributed by atoms with Crippen LogP contribution in [0, 0.1) is 17.8 Å². The number of aliphatic hydroxyl groups is 2. The average Bonchev–Trinajstić information content (AvgIpc) is 0.845. The molecule has 2 fully saturated rings. The van der Waals surface area contributed by atoms with Crippen LogP contribution in [0.3, 0.4) is 0 Å². The Kier molecular flexibility index (Phi) is 30.4. The van der Waals surface area contributed by atoms with Crippen LogP contribution < -0.4 is 26.6 Å². The number of imidazole rings is 2. The minimum Gasteiger partial charge on any atom is -0.481 e. The minimum absolute atomic E-state index is 0.0397. The Morgan fingerprint density at radius 3 is 1.55 bits per heavy atom. The maximum Gasteiger partial charge on any atom is 0.307 e. The number of benzene rings is 4. The van der Waals surface area contributed by atoms with Gasteiger partial charge in [0.2, 0.25) is 59.1 Å². The summed E-state index contributed by atoms with van der Waals surface area (Å²) in [6.45, 7) is 2.88. The number of carbonyl (C=O) groups excluding carboxylic acids is 12. The number of aromatic amines is 2. The molecule has 14 atom stereocenters. The largest absolute Gasteiger partial charge is 0.481 e. The first-order chi connectivity index (χ1) is 52.2. The highest BCUT2D eigenvalue weighted by Gasteiger charge is 2.46. The average molecular weight is 1580 g/mol. The second kappa shape index (κ2) is 39.3. The summed E-state index contributed by atoms with van der Waals surface area (Å²) >= 11 is 19.3. The highest BCUT2D eigenvalue weighted by atomic mass is 35.5. The molecule has 10 N–H and O–H groups in total. The normalized spacial score (nSPS) is 24.9. The molecular weight excluding hydrogens is 1480 g/mol. The number of carboxylic acids is 1. The number of H-pyrrole nitrogens is 2. The van der Waals surface area contributed by atoms with Crippen LogP contribution in [0.5, 0.6) is 0 Å². The van der Waals surface area contributed by atoms with Crippen LogP contribution in [0.2, 0.25) is 15.1 Å².